The number of nitrogens with zero attached hydrogens (tertiary/aromatic N) is 1. The lowest BCUT2D eigenvalue weighted by Crippen LogP contribution is -2.09. The number of fused-ring (bicyclic) bond motifs is 1. The molecule has 0 radical (unpaired) electrons. The minimum atomic E-state index is 0. The molecule has 16 heavy (non-hydrogen) atoms. The lowest BCUT2D eigenvalue weighted by molar-refractivity contribution is 0.536. The summed E-state index contributed by atoms with van der Waals surface area (Å²) in [5.74, 6) is 1.61. The summed E-state index contributed by atoms with van der Waals surface area (Å²) in [6.07, 6.45) is 7.47. The number of pyridine rings is 1. The van der Waals surface area contributed by atoms with Crippen LogP contribution in [-0.4, -0.2) is 18.1 Å². The van der Waals surface area contributed by atoms with Crippen molar-refractivity contribution < 1.29 is 0 Å². The molecule has 0 bridgehead atoms. The summed E-state index contributed by atoms with van der Waals surface area (Å²) in [7, 11) is 0. The van der Waals surface area contributed by atoms with Crippen molar-refractivity contribution in [1.29, 1.82) is 0 Å². The van der Waals surface area contributed by atoms with E-state index in [0.717, 1.165) is 18.4 Å². The van der Waals surface area contributed by atoms with Crippen molar-refractivity contribution in [2.75, 3.05) is 13.1 Å². The van der Waals surface area contributed by atoms with Gasteiger partial charge in [0.2, 0.25) is 0 Å². The second-order valence-corrected chi connectivity index (χ2v) is 4.22. The van der Waals surface area contributed by atoms with Crippen LogP contribution in [0.4, 0.5) is 0 Å². The van der Waals surface area contributed by atoms with Gasteiger partial charge in [-0.3, -0.25) is 4.98 Å². The Bertz CT molecular complexity index is 365. The van der Waals surface area contributed by atoms with Gasteiger partial charge in [0.05, 0.1) is 0 Å². The van der Waals surface area contributed by atoms with Gasteiger partial charge < -0.3 is 5.32 Å². The van der Waals surface area contributed by atoms with Gasteiger partial charge in [-0.1, -0.05) is 12.1 Å². The summed E-state index contributed by atoms with van der Waals surface area (Å²) in [4.78, 5) is 4.17. The smallest absolute Gasteiger partial charge is 0.0342 e. The van der Waals surface area contributed by atoms with Crippen LogP contribution in [0.25, 0.3) is 5.57 Å². The number of rotatable bonds is 1. The second kappa shape index (κ2) is 5.67. The predicted octanol–water partition coefficient (Wildman–Crippen LogP) is 2.55. The third-order valence-electron chi connectivity index (χ3n) is 3.32. The fourth-order valence-corrected chi connectivity index (χ4v) is 2.55. The van der Waals surface area contributed by atoms with E-state index in [1.807, 2.05) is 18.5 Å². The fourth-order valence-electron chi connectivity index (χ4n) is 2.55. The molecule has 0 spiro atoms. The standard InChI is InChI=1S/C12H14N2.2ClH/c1-2-9(6-13-3-1)10-4-11-7-14-8-12(11)5-10;;/h1-4,6,11-12,14H,5,7-8H2;2*1H/t11-,12+;;/m0../s1. The van der Waals surface area contributed by atoms with Gasteiger partial charge in [-0.05, 0) is 42.0 Å². The van der Waals surface area contributed by atoms with Crippen LogP contribution < -0.4 is 5.32 Å². The predicted molar refractivity (Wildman–Crippen MR) is 71.2 cm³/mol. The van der Waals surface area contributed by atoms with Crippen LogP contribution in [0.1, 0.15) is 12.0 Å². The Morgan fingerprint density at radius 1 is 1.25 bits per heavy atom. The topological polar surface area (TPSA) is 24.9 Å². The summed E-state index contributed by atoms with van der Waals surface area (Å²) >= 11 is 0. The minimum absolute atomic E-state index is 0. The summed E-state index contributed by atoms with van der Waals surface area (Å²) in [6.45, 7) is 2.35. The molecule has 2 atom stereocenters. The minimum Gasteiger partial charge on any atom is -0.316 e. The molecule has 4 heteroatoms. The number of aromatic nitrogens is 1. The molecule has 0 aromatic carbocycles. The Kier molecular flexibility index (Phi) is 4.78. The normalized spacial score (nSPS) is 26.4. The molecule has 2 aliphatic rings. The molecule has 1 N–H and O–H groups in total. The van der Waals surface area contributed by atoms with Crippen LogP contribution in [0.3, 0.4) is 0 Å². The Morgan fingerprint density at radius 2 is 2.12 bits per heavy atom. The van der Waals surface area contributed by atoms with Crippen molar-refractivity contribution in [2.45, 2.75) is 6.42 Å². The highest BCUT2D eigenvalue weighted by Crippen LogP contribution is 2.37. The van der Waals surface area contributed by atoms with E-state index in [1.165, 1.54) is 24.1 Å². The molecule has 3 rings (SSSR count). The lowest BCUT2D eigenvalue weighted by Gasteiger charge is -2.05. The molecule has 0 unspecified atom stereocenters. The zero-order valence-electron chi connectivity index (χ0n) is 8.93. The fraction of sp³-hybridized carbons (Fsp3) is 0.417. The van der Waals surface area contributed by atoms with Crippen LogP contribution in [0, 0.1) is 11.8 Å². The third-order valence-corrected chi connectivity index (χ3v) is 3.32. The average Bonchev–Trinajstić information content (AvgIpc) is 2.78. The Labute approximate surface area is 108 Å². The van der Waals surface area contributed by atoms with Crippen molar-refractivity contribution in [2.24, 2.45) is 11.8 Å². The molecule has 0 amide bonds. The monoisotopic (exact) mass is 258 g/mol. The van der Waals surface area contributed by atoms with Gasteiger partial charge in [0, 0.05) is 18.9 Å². The van der Waals surface area contributed by atoms with E-state index in [2.05, 4.69) is 22.4 Å². The maximum atomic E-state index is 4.17. The molecule has 2 heterocycles. The van der Waals surface area contributed by atoms with Crippen LogP contribution in [0.5, 0.6) is 0 Å². The Morgan fingerprint density at radius 3 is 2.81 bits per heavy atom. The van der Waals surface area contributed by atoms with Gasteiger partial charge in [-0.2, -0.15) is 0 Å². The van der Waals surface area contributed by atoms with Crippen LogP contribution in [-0.2, 0) is 0 Å². The van der Waals surface area contributed by atoms with Crippen molar-refractivity contribution in [3.8, 4) is 0 Å². The second-order valence-electron chi connectivity index (χ2n) is 4.22. The Hall–Kier alpha value is -0.570. The highest BCUT2D eigenvalue weighted by atomic mass is 35.5. The van der Waals surface area contributed by atoms with Gasteiger partial charge in [0.1, 0.15) is 0 Å². The van der Waals surface area contributed by atoms with Crippen molar-refractivity contribution in [1.82, 2.24) is 10.3 Å². The van der Waals surface area contributed by atoms with E-state index >= 15 is 0 Å². The first-order chi connectivity index (χ1) is 6.93. The number of hydrogen-bond donors (Lipinski definition) is 1. The third kappa shape index (κ3) is 2.40. The van der Waals surface area contributed by atoms with Gasteiger partial charge in [-0.25, -0.2) is 0 Å². The highest BCUT2D eigenvalue weighted by Gasteiger charge is 2.31. The van der Waals surface area contributed by atoms with E-state index in [1.54, 1.807) is 0 Å². The maximum absolute atomic E-state index is 4.17. The van der Waals surface area contributed by atoms with Crippen LogP contribution in [0.2, 0.25) is 0 Å². The zero-order valence-corrected chi connectivity index (χ0v) is 10.6. The quantitative estimate of drug-likeness (QED) is 0.838. The number of halogens is 2. The summed E-state index contributed by atoms with van der Waals surface area (Å²) in [5, 5.41) is 3.44. The van der Waals surface area contributed by atoms with E-state index in [0.29, 0.717) is 0 Å². The van der Waals surface area contributed by atoms with E-state index in [4.69, 9.17) is 0 Å². The van der Waals surface area contributed by atoms with Gasteiger partial charge in [0.15, 0.2) is 0 Å². The van der Waals surface area contributed by atoms with Crippen LogP contribution >= 0.6 is 24.8 Å². The highest BCUT2D eigenvalue weighted by molar-refractivity contribution is 5.85. The molecule has 88 valence electrons. The molecule has 1 aliphatic carbocycles. The zero-order chi connectivity index (χ0) is 9.38. The molecular weight excluding hydrogens is 243 g/mol. The molecule has 2 nitrogen and oxygen atoms in total. The van der Waals surface area contributed by atoms with E-state index < -0.39 is 0 Å². The number of hydrogen-bond acceptors (Lipinski definition) is 2. The van der Waals surface area contributed by atoms with Crippen molar-refractivity contribution in [3.63, 3.8) is 0 Å². The van der Waals surface area contributed by atoms with Crippen molar-refractivity contribution in [3.05, 3.63) is 36.2 Å². The summed E-state index contributed by atoms with van der Waals surface area (Å²) in [5.41, 5.74) is 2.80. The molecule has 1 aromatic heterocycles. The SMILES string of the molecule is C1=C(c2cccnc2)C[C@@H]2CNC[C@H]12.Cl.Cl. The number of nitrogens with one attached hydrogen (secondary N) is 1. The van der Waals surface area contributed by atoms with Crippen LogP contribution in [0.15, 0.2) is 30.6 Å². The molecule has 1 saturated heterocycles. The average molecular weight is 259 g/mol. The molecule has 1 aliphatic heterocycles. The van der Waals surface area contributed by atoms with E-state index in [9.17, 15) is 0 Å². The molecule has 1 aromatic rings. The molecule has 1 fully saturated rings. The maximum Gasteiger partial charge on any atom is 0.0342 e. The lowest BCUT2D eigenvalue weighted by atomic mass is 9.99. The first-order valence-corrected chi connectivity index (χ1v) is 5.25. The number of allylic oxidation sites excluding steroid dienone is 1. The van der Waals surface area contributed by atoms with Gasteiger partial charge in [0.25, 0.3) is 0 Å². The Balaban J connectivity index is 0.000000640. The first kappa shape index (κ1) is 13.5. The summed E-state index contributed by atoms with van der Waals surface area (Å²) in [6, 6.07) is 4.18. The summed E-state index contributed by atoms with van der Waals surface area (Å²) < 4.78 is 0. The molecule has 0 saturated carbocycles. The molecular formula is C12H16Cl2N2. The first-order valence-electron chi connectivity index (χ1n) is 5.25. The van der Waals surface area contributed by atoms with Gasteiger partial charge in [-0.15, -0.1) is 24.8 Å². The van der Waals surface area contributed by atoms with Gasteiger partial charge >= 0.3 is 0 Å². The van der Waals surface area contributed by atoms with E-state index in [-0.39, 0.29) is 24.8 Å². The van der Waals surface area contributed by atoms with Crippen molar-refractivity contribution >= 4 is 30.4 Å². The largest absolute Gasteiger partial charge is 0.316 e.